The fraction of sp³-hybridized carbons (Fsp3) is 0.659. The second-order valence-corrected chi connectivity index (χ2v) is 16.6. The van der Waals surface area contributed by atoms with E-state index in [2.05, 4.69) is 15.6 Å². The molecule has 1 aliphatic heterocycles. The molecule has 1 aliphatic rings. The molecule has 0 saturated carbocycles. The summed E-state index contributed by atoms with van der Waals surface area (Å²) in [5, 5.41) is 17.4. The van der Waals surface area contributed by atoms with Crippen molar-refractivity contribution in [2.75, 3.05) is 26.9 Å². The van der Waals surface area contributed by atoms with Crippen molar-refractivity contribution in [3.8, 4) is 0 Å². The number of aromatic nitrogens is 1. The molecule has 1 saturated heterocycles. The molecule has 2 heterocycles. The van der Waals surface area contributed by atoms with Crippen molar-refractivity contribution in [3.63, 3.8) is 0 Å². The van der Waals surface area contributed by atoms with Gasteiger partial charge in [-0.1, -0.05) is 66.5 Å². The molecule has 3 amide bonds. The number of amides is 3. The van der Waals surface area contributed by atoms with Crippen LogP contribution >= 0.6 is 11.3 Å². The summed E-state index contributed by atoms with van der Waals surface area (Å²) in [6, 6.07) is 3.57. The number of nitrogens with zero attached hydrogens (tertiary/aromatic N) is 3. The lowest BCUT2D eigenvalue weighted by atomic mass is 9.95. The minimum Gasteiger partial charge on any atom is -0.481 e. The van der Waals surface area contributed by atoms with Gasteiger partial charge in [-0.2, -0.15) is 0 Å². The molecule has 3 rings (SSSR count). The third-order valence-electron chi connectivity index (χ3n) is 9.98. The van der Waals surface area contributed by atoms with Crippen molar-refractivity contribution in [2.24, 2.45) is 17.8 Å². The summed E-state index contributed by atoms with van der Waals surface area (Å²) in [6.07, 6.45) is 3.38. The lowest BCUT2D eigenvalue weighted by Gasteiger charge is -2.38. The molecular formula is C41H62FN5O8S. The summed E-state index contributed by atoms with van der Waals surface area (Å²) in [4.78, 5) is 74.1. The first kappa shape index (κ1) is 46.4. The molecule has 15 heteroatoms. The van der Waals surface area contributed by atoms with Crippen molar-refractivity contribution in [2.45, 2.75) is 130 Å². The molecule has 0 bridgehead atoms. The third-order valence-corrected chi connectivity index (χ3v) is 10.9. The van der Waals surface area contributed by atoms with Gasteiger partial charge in [-0.25, -0.2) is 9.37 Å². The second-order valence-electron chi connectivity index (χ2n) is 15.7. The molecule has 5 unspecified atom stereocenters. The normalized spacial score (nSPS) is 17.4. The zero-order valence-corrected chi connectivity index (χ0v) is 35.0. The smallest absolute Gasteiger partial charge is 0.306 e. The summed E-state index contributed by atoms with van der Waals surface area (Å²) in [5.74, 6) is -3.69. The Morgan fingerprint density at radius 1 is 1.05 bits per heavy atom. The maximum Gasteiger partial charge on any atom is 0.306 e. The van der Waals surface area contributed by atoms with Crippen LogP contribution in [0.1, 0.15) is 121 Å². The topological polar surface area (TPSA) is 167 Å². The largest absolute Gasteiger partial charge is 0.481 e. The molecule has 0 radical (unpaired) electrons. The predicted molar refractivity (Wildman–Crippen MR) is 212 cm³/mol. The van der Waals surface area contributed by atoms with Crippen LogP contribution in [-0.4, -0.2) is 101 Å². The molecule has 0 aliphatic carbocycles. The van der Waals surface area contributed by atoms with Crippen molar-refractivity contribution in [3.05, 3.63) is 51.7 Å². The highest BCUT2D eigenvalue weighted by Gasteiger charge is 2.37. The van der Waals surface area contributed by atoms with Crippen molar-refractivity contribution in [1.82, 2.24) is 25.4 Å². The number of aliphatic carboxylic acids is 1. The van der Waals surface area contributed by atoms with Crippen LogP contribution in [-0.2, 0) is 35.1 Å². The van der Waals surface area contributed by atoms with Gasteiger partial charge in [0, 0.05) is 30.8 Å². The van der Waals surface area contributed by atoms with Crippen LogP contribution in [0.4, 0.5) is 4.39 Å². The molecule has 2 aromatic rings. The number of carbonyl (C=O) groups excluding carboxylic acids is 4. The van der Waals surface area contributed by atoms with Gasteiger partial charge >= 0.3 is 11.9 Å². The number of carbonyl (C=O) groups is 5. The quantitative estimate of drug-likeness (QED) is 0.0952. The van der Waals surface area contributed by atoms with E-state index in [4.69, 9.17) is 9.47 Å². The third kappa shape index (κ3) is 14.5. The first-order chi connectivity index (χ1) is 26.5. The fourth-order valence-corrected chi connectivity index (χ4v) is 7.77. The summed E-state index contributed by atoms with van der Waals surface area (Å²) in [7, 11) is 1.93. The Morgan fingerprint density at radius 2 is 1.75 bits per heavy atom. The Labute approximate surface area is 335 Å². The number of carboxylic acids is 1. The number of rotatable bonds is 22. The zero-order valence-electron chi connectivity index (χ0n) is 34.2. The van der Waals surface area contributed by atoms with E-state index < -0.39 is 53.8 Å². The highest BCUT2D eigenvalue weighted by Crippen LogP contribution is 2.31. The number of benzene rings is 1. The van der Waals surface area contributed by atoms with E-state index in [-0.39, 0.29) is 61.4 Å². The molecule has 1 aromatic carbocycles. The predicted octanol–water partition coefficient (Wildman–Crippen LogP) is 5.98. The van der Waals surface area contributed by atoms with Gasteiger partial charge in [0.1, 0.15) is 29.3 Å². The van der Waals surface area contributed by atoms with Gasteiger partial charge in [-0.05, 0) is 75.2 Å². The summed E-state index contributed by atoms with van der Waals surface area (Å²) in [5.41, 5.74) is 0.781. The highest BCUT2D eigenvalue weighted by molar-refractivity contribution is 7.09. The zero-order chi connectivity index (χ0) is 41.5. The van der Waals surface area contributed by atoms with E-state index in [9.17, 15) is 33.5 Å². The van der Waals surface area contributed by atoms with Gasteiger partial charge in [0.15, 0.2) is 6.10 Å². The number of piperidine rings is 1. The molecule has 312 valence electrons. The van der Waals surface area contributed by atoms with Crippen LogP contribution in [0.15, 0.2) is 29.6 Å². The average molecular weight is 804 g/mol. The average Bonchev–Trinajstić information content (AvgIpc) is 3.63. The number of thiazole rings is 1. The van der Waals surface area contributed by atoms with Crippen LogP contribution in [0, 0.1) is 23.6 Å². The Morgan fingerprint density at radius 3 is 2.34 bits per heavy atom. The number of nitrogens with one attached hydrogen (secondary N) is 2. The Bertz CT molecular complexity index is 1590. The number of likely N-dealkylation sites (tertiary alicyclic amines) is 1. The summed E-state index contributed by atoms with van der Waals surface area (Å²) in [6.45, 7) is 13.9. The molecule has 56 heavy (non-hydrogen) atoms. The van der Waals surface area contributed by atoms with Gasteiger partial charge in [0.25, 0.3) is 5.91 Å². The van der Waals surface area contributed by atoms with Gasteiger partial charge in [-0.3, -0.25) is 28.9 Å². The number of hydrogen-bond donors (Lipinski definition) is 3. The van der Waals surface area contributed by atoms with Crippen molar-refractivity contribution in [1.29, 1.82) is 0 Å². The number of likely N-dealkylation sites (N-methyl/N-ethyl adjacent to an activating group) is 1. The van der Waals surface area contributed by atoms with E-state index in [1.807, 2.05) is 46.6 Å². The van der Waals surface area contributed by atoms with E-state index in [0.29, 0.717) is 24.5 Å². The standard InChI is InChI=1S/C41H62FN5O8S/c1-9-12-32(44-38(50)34-13-10-11-18-46(34)8)40(51)47(24-54-22-25(2)3)35(26(4)5)21-36(55-28(7)48)39-45-33(23-56-39)37(49)43-31(19-27(6)41(52)53)20-29-14-16-30(42)17-15-29/h14-17,23,25-27,31-32,34-36H,9-13,18-22,24H2,1-8H3,(H,43,49)(H,44,50)(H,52,53)/t27-,31?,32?,34?,35?,36?/m0/s1. The van der Waals surface area contributed by atoms with Crippen LogP contribution in [0.2, 0.25) is 0 Å². The molecule has 1 fully saturated rings. The van der Waals surface area contributed by atoms with E-state index in [0.717, 1.165) is 42.7 Å². The number of esters is 1. The van der Waals surface area contributed by atoms with Gasteiger partial charge in [0.05, 0.1) is 18.6 Å². The first-order valence-corrected chi connectivity index (χ1v) is 20.7. The lowest BCUT2D eigenvalue weighted by Crippen LogP contribution is -2.57. The molecular weight excluding hydrogens is 742 g/mol. The second kappa shape index (κ2) is 22.7. The number of ether oxygens (including phenoxy) is 2. The highest BCUT2D eigenvalue weighted by atomic mass is 32.1. The Kier molecular flexibility index (Phi) is 18.8. The lowest BCUT2D eigenvalue weighted by molar-refractivity contribution is -0.153. The van der Waals surface area contributed by atoms with Crippen LogP contribution < -0.4 is 10.6 Å². The van der Waals surface area contributed by atoms with Crippen molar-refractivity contribution >= 4 is 41.0 Å². The molecule has 1 aromatic heterocycles. The van der Waals surface area contributed by atoms with Crippen LogP contribution in [0.3, 0.4) is 0 Å². The van der Waals surface area contributed by atoms with Gasteiger partial charge in [0.2, 0.25) is 11.8 Å². The number of halogens is 1. The molecule has 6 atom stereocenters. The number of hydrogen-bond acceptors (Lipinski definition) is 10. The van der Waals surface area contributed by atoms with E-state index in [1.54, 1.807) is 29.3 Å². The SMILES string of the molecule is CCCC(NC(=O)C1CCCCN1C)C(=O)N(COCC(C)C)C(CC(OC(C)=O)c1nc(C(=O)NC(Cc2ccc(F)cc2)C[C@H](C)C(=O)O)cs1)C(C)C. The van der Waals surface area contributed by atoms with E-state index in [1.165, 1.54) is 19.1 Å². The Balaban J connectivity index is 1.90. The first-order valence-electron chi connectivity index (χ1n) is 19.8. The maximum atomic E-state index is 14.5. The molecule has 13 nitrogen and oxygen atoms in total. The fourth-order valence-electron chi connectivity index (χ4n) is 6.93. The summed E-state index contributed by atoms with van der Waals surface area (Å²) >= 11 is 1.13. The van der Waals surface area contributed by atoms with Crippen LogP contribution in [0.5, 0.6) is 0 Å². The van der Waals surface area contributed by atoms with Crippen LogP contribution in [0.25, 0.3) is 0 Å². The number of carboxylic acid groups (broad SMARTS) is 1. The Hall–Kier alpha value is -3.95. The summed E-state index contributed by atoms with van der Waals surface area (Å²) < 4.78 is 25.5. The van der Waals surface area contributed by atoms with Crippen molar-refractivity contribution < 1.29 is 42.9 Å². The minimum atomic E-state index is -1.01. The minimum absolute atomic E-state index is 0.0399. The molecule has 0 spiro atoms. The molecule has 3 N–H and O–H groups in total. The maximum absolute atomic E-state index is 14.5. The van der Waals surface area contributed by atoms with Gasteiger partial charge < -0.3 is 30.1 Å². The van der Waals surface area contributed by atoms with Gasteiger partial charge in [-0.15, -0.1) is 11.3 Å². The monoisotopic (exact) mass is 803 g/mol. The van der Waals surface area contributed by atoms with E-state index >= 15 is 0 Å².